The van der Waals surface area contributed by atoms with Crippen LogP contribution in [0, 0.1) is 0 Å². The molecule has 0 amide bonds. The van der Waals surface area contributed by atoms with Gasteiger partial charge in [0.15, 0.2) is 18.2 Å². The molecule has 1 N–H and O–H groups in total. The SMILES string of the molecule is CC(C)(C)[Si](C)(C)OCCCC1(O)CC2CCCC(C1)S2(=O)=O. The van der Waals surface area contributed by atoms with Crippen LogP contribution in [0.25, 0.3) is 0 Å². The molecule has 2 bridgehead atoms. The van der Waals surface area contributed by atoms with E-state index in [0.29, 0.717) is 25.9 Å². The lowest BCUT2D eigenvalue weighted by molar-refractivity contribution is -0.00305. The van der Waals surface area contributed by atoms with Crippen LogP contribution in [-0.2, 0) is 14.3 Å². The van der Waals surface area contributed by atoms with E-state index in [1.54, 1.807) is 0 Å². The largest absolute Gasteiger partial charge is 0.417 e. The number of hydrogen-bond donors (Lipinski definition) is 1. The molecule has 0 aromatic carbocycles. The fraction of sp³-hybridized carbons (Fsp3) is 1.00. The van der Waals surface area contributed by atoms with Crippen molar-refractivity contribution in [2.75, 3.05) is 6.61 Å². The first-order chi connectivity index (χ1) is 10.4. The van der Waals surface area contributed by atoms with E-state index in [-0.39, 0.29) is 15.5 Å². The van der Waals surface area contributed by atoms with Gasteiger partial charge in [-0.15, -0.1) is 0 Å². The molecule has 0 spiro atoms. The molecule has 2 fully saturated rings. The van der Waals surface area contributed by atoms with Crippen LogP contribution in [0.15, 0.2) is 0 Å². The van der Waals surface area contributed by atoms with Crippen molar-refractivity contribution in [3.63, 3.8) is 0 Å². The van der Waals surface area contributed by atoms with Crippen molar-refractivity contribution < 1.29 is 18.0 Å². The Morgan fingerprint density at radius 3 is 2.17 bits per heavy atom. The van der Waals surface area contributed by atoms with Gasteiger partial charge in [0.1, 0.15) is 0 Å². The summed E-state index contributed by atoms with van der Waals surface area (Å²) in [6.07, 6.45) is 4.74. The number of fused-ring (bicyclic) bond motifs is 2. The lowest BCUT2D eigenvalue weighted by Crippen LogP contribution is -2.51. The molecule has 2 saturated heterocycles. The molecule has 2 aliphatic heterocycles. The van der Waals surface area contributed by atoms with Gasteiger partial charge in [-0.3, -0.25) is 0 Å². The minimum atomic E-state index is -2.99. The fourth-order valence-electron chi connectivity index (χ4n) is 3.69. The third kappa shape index (κ3) is 4.20. The topological polar surface area (TPSA) is 63.6 Å². The average molecular weight is 363 g/mol. The zero-order chi connectivity index (χ0) is 17.5. The Bertz CT molecular complexity index is 501. The minimum Gasteiger partial charge on any atom is -0.417 e. The fourth-order valence-corrected chi connectivity index (χ4v) is 7.40. The molecule has 2 unspecified atom stereocenters. The van der Waals surface area contributed by atoms with Crippen molar-refractivity contribution in [1.82, 2.24) is 0 Å². The summed E-state index contributed by atoms with van der Waals surface area (Å²) in [5.41, 5.74) is -0.808. The standard InChI is InChI=1S/C17H34O4SSi/c1-16(2,3)23(4,5)21-11-7-10-17(18)12-14-8-6-9-15(13-17)22(14,19)20/h14-15,18H,6-13H2,1-5H3. The Balaban J connectivity index is 1.87. The Morgan fingerprint density at radius 2 is 1.70 bits per heavy atom. The molecule has 2 rings (SSSR count). The third-order valence-electron chi connectivity index (χ3n) is 6.25. The summed E-state index contributed by atoms with van der Waals surface area (Å²) in [4.78, 5) is 0. The van der Waals surface area contributed by atoms with Crippen LogP contribution < -0.4 is 0 Å². The van der Waals surface area contributed by atoms with E-state index in [2.05, 4.69) is 33.9 Å². The lowest BCUT2D eigenvalue weighted by Gasteiger charge is -2.44. The van der Waals surface area contributed by atoms with Crippen molar-refractivity contribution in [1.29, 1.82) is 0 Å². The van der Waals surface area contributed by atoms with Gasteiger partial charge in [0.25, 0.3) is 0 Å². The molecule has 0 radical (unpaired) electrons. The molecule has 0 aromatic rings. The Morgan fingerprint density at radius 1 is 1.17 bits per heavy atom. The van der Waals surface area contributed by atoms with Crippen molar-refractivity contribution in [2.24, 2.45) is 0 Å². The first-order valence-corrected chi connectivity index (χ1v) is 13.5. The maximum absolute atomic E-state index is 12.3. The first-order valence-electron chi connectivity index (χ1n) is 8.96. The van der Waals surface area contributed by atoms with E-state index >= 15 is 0 Å². The molecule has 0 saturated carbocycles. The highest BCUT2D eigenvalue weighted by atomic mass is 32.2. The van der Waals surface area contributed by atoms with Crippen LogP contribution in [0.4, 0.5) is 0 Å². The van der Waals surface area contributed by atoms with Crippen LogP contribution in [-0.4, -0.2) is 44.5 Å². The maximum atomic E-state index is 12.3. The summed E-state index contributed by atoms with van der Waals surface area (Å²) in [5.74, 6) is 0. The van der Waals surface area contributed by atoms with Gasteiger partial charge in [-0.2, -0.15) is 0 Å². The van der Waals surface area contributed by atoms with E-state index in [1.165, 1.54) is 0 Å². The van der Waals surface area contributed by atoms with Crippen molar-refractivity contribution in [3.05, 3.63) is 0 Å². The quantitative estimate of drug-likeness (QED) is 0.599. The highest BCUT2D eigenvalue weighted by Gasteiger charge is 2.49. The molecule has 23 heavy (non-hydrogen) atoms. The number of rotatable bonds is 5. The normalized spacial score (nSPS) is 34.3. The van der Waals surface area contributed by atoms with Gasteiger partial charge < -0.3 is 9.53 Å². The molecule has 6 heteroatoms. The van der Waals surface area contributed by atoms with E-state index < -0.39 is 23.8 Å². The summed E-state index contributed by atoms with van der Waals surface area (Å²) in [6, 6.07) is 0. The van der Waals surface area contributed by atoms with E-state index in [0.717, 1.165) is 25.7 Å². The highest BCUT2D eigenvalue weighted by Crippen LogP contribution is 2.43. The predicted octanol–water partition coefficient (Wildman–Crippen LogP) is 3.65. The summed E-state index contributed by atoms with van der Waals surface area (Å²) < 4.78 is 30.8. The number of aliphatic hydroxyl groups is 1. The van der Waals surface area contributed by atoms with Crippen LogP contribution in [0.3, 0.4) is 0 Å². The van der Waals surface area contributed by atoms with Gasteiger partial charge in [-0.05, 0) is 56.7 Å². The molecule has 2 atom stereocenters. The average Bonchev–Trinajstić information content (AvgIpc) is 2.36. The van der Waals surface area contributed by atoms with E-state index in [1.807, 2.05) is 0 Å². The van der Waals surface area contributed by atoms with Gasteiger partial charge >= 0.3 is 0 Å². The second-order valence-electron chi connectivity index (χ2n) is 9.11. The van der Waals surface area contributed by atoms with Crippen LogP contribution in [0.2, 0.25) is 18.1 Å². The van der Waals surface area contributed by atoms with E-state index in [4.69, 9.17) is 4.43 Å². The number of hydrogen-bond acceptors (Lipinski definition) is 4. The second-order valence-corrected chi connectivity index (χ2v) is 16.4. The van der Waals surface area contributed by atoms with Gasteiger partial charge in [-0.25, -0.2) is 8.42 Å². The van der Waals surface area contributed by atoms with Crippen molar-refractivity contribution in [3.8, 4) is 0 Å². The molecule has 2 aliphatic rings. The number of sulfone groups is 1. The van der Waals surface area contributed by atoms with E-state index in [9.17, 15) is 13.5 Å². The lowest BCUT2D eigenvalue weighted by atomic mass is 9.82. The summed E-state index contributed by atoms with van der Waals surface area (Å²) >= 11 is 0. The minimum absolute atomic E-state index is 0.194. The first kappa shape index (κ1) is 19.4. The Labute approximate surface area is 143 Å². The monoisotopic (exact) mass is 362 g/mol. The van der Waals surface area contributed by atoms with Gasteiger partial charge in [0, 0.05) is 6.61 Å². The molecule has 136 valence electrons. The molecular formula is C17H34O4SSi. The third-order valence-corrected chi connectivity index (χ3v) is 13.5. The summed E-state index contributed by atoms with van der Waals surface area (Å²) in [5, 5.41) is 10.4. The molecular weight excluding hydrogens is 328 g/mol. The van der Waals surface area contributed by atoms with Crippen molar-refractivity contribution in [2.45, 2.75) is 100.0 Å². The zero-order valence-electron chi connectivity index (χ0n) is 15.4. The Kier molecular flexibility index (Phi) is 5.43. The molecule has 0 aliphatic carbocycles. The van der Waals surface area contributed by atoms with Crippen LogP contribution in [0.5, 0.6) is 0 Å². The van der Waals surface area contributed by atoms with Gasteiger partial charge in [0.2, 0.25) is 0 Å². The van der Waals surface area contributed by atoms with Crippen LogP contribution in [0.1, 0.15) is 65.7 Å². The zero-order valence-corrected chi connectivity index (χ0v) is 17.2. The summed E-state index contributed by atoms with van der Waals surface area (Å²) in [7, 11) is -4.73. The smallest absolute Gasteiger partial charge is 0.191 e. The summed E-state index contributed by atoms with van der Waals surface area (Å²) in [6.45, 7) is 11.8. The Hall–Kier alpha value is 0.0869. The van der Waals surface area contributed by atoms with Gasteiger partial charge in [0.05, 0.1) is 16.1 Å². The molecule has 0 aromatic heterocycles. The molecule has 4 nitrogen and oxygen atoms in total. The predicted molar refractivity (Wildman–Crippen MR) is 96.9 cm³/mol. The highest BCUT2D eigenvalue weighted by molar-refractivity contribution is 7.92. The van der Waals surface area contributed by atoms with Gasteiger partial charge in [-0.1, -0.05) is 27.2 Å². The van der Waals surface area contributed by atoms with Crippen molar-refractivity contribution >= 4 is 18.2 Å². The van der Waals surface area contributed by atoms with Crippen LogP contribution >= 0.6 is 0 Å². The maximum Gasteiger partial charge on any atom is 0.191 e. The second kappa shape index (κ2) is 6.43. The molecule has 2 heterocycles.